The minimum absolute atomic E-state index is 0.181. The molecule has 0 bridgehead atoms. The van der Waals surface area contributed by atoms with Crippen LogP contribution in [0.1, 0.15) is 46.5 Å². The number of likely N-dealkylation sites (tertiary alicyclic amines) is 1. The average molecular weight is 305 g/mol. The van der Waals surface area contributed by atoms with Crippen molar-refractivity contribution < 1.29 is 24.9 Å². The van der Waals surface area contributed by atoms with E-state index in [-0.39, 0.29) is 31.3 Å². The van der Waals surface area contributed by atoms with E-state index in [0.29, 0.717) is 0 Å². The summed E-state index contributed by atoms with van der Waals surface area (Å²) in [5, 5.41) is 26.5. The molecular formula is C15H31NO5. The first-order valence-corrected chi connectivity index (χ1v) is 7.79. The number of hydrogen-bond acceptors (Lipinski definition) is 5. The number of carboxylic acid groups (broad SMARTS) is 1. The predicted octanol–water partition coefficient (Wildman–Crippen LogP) is 1.94. The Bertz CT molecular complexity index is 271. The fourth-order valence-electron chi connectivity index (χ4n) is 2.16. The van der Waals surface area contributed by atoms with Crippen LogP contribution in [0.5, 0.6) is 0 Å². The molecule has 0 aromatic rings. The molecule has 6 nitrogen and oxygen atoms in total. The van der Waals surface area contributed by atoms with Gasteiger partial charge in [0.25, 0.3) is 0 Å². The largest absolute Gasteiger partial charge is 0.505 e. The van der Waals surface area contributed by atoms with Crippen molar-refractivity contribution >= 4 is 6.16 Å². The fourth-order valence-corrected chi connectivity index (χ4v) is 2.16. The Morgan fingerprint density at radius 1 is 1.43 bits per heavy atom. The van der Waals surface area contributed by atoms with E-state index in [1.807, 2.05) is 13.8 Å². The van der Waals surface area contributed by atoms with Gasteiger partial charge in [0, 0.05) is 12.6 Å². The topological polar surface area (TPSA) is 90.2 Å². The summed E-state index contributed by atoms with van der Waals surface area (Å²) in [5.74, 6) is 0.283. The third kappa shape index (κ3) is 10.5. The Balaban J connectivity index is 0.000000433. The highest BCUT2D eigenvalue weighted by Crippen LogP contribution is 2.17. The molecule has 0 aliphatic carbocycles. The first-order valence-electron chi connectivity index (χ1n) is 7.79. The fraction of sp³-hybridized carbons (Fsp3) is 0.933. The summed E-state index contributed by atoms with van der Waals surface area (Å²) in [7, 11) is 0. The van der Waals surface area contributed by atoms with Crippen LogP contribution in [0.2, 0.25) is 0 Å². The molecule has 1 fully saturated rings. The summed E-state index contributed by atoms with van der Waals surface area (Å²) in [5.41, 5.74) is 0. The van der Waals surface area contributed by atoms with Crippen LogP contribution >= 0.6 is 0 Å². The second-order valence-electron chi connectivity index (χ2n) is 5.87. The number of unbranched alkanes of at least 4 members (excludes halogenated alkanes) is 1. The number of rotatable bonds is 6. The maximum atomic E-state index is 9.68. The van der Waals surface area contributed by atoms with Crippen LogP contribution in [0.15, 0.2) is 0 Å². The molecular weight excluding hydrogens is 274 g/mol. The van der Waals surface area contributed by atoms with Crippen LogP contribution < -0.4 is 0 Å². The number of carbonyl (C=O) groups is 1. The van der Waals surface area contributed by atoms with Crippen molar-refractivity contribution in [1.82, 2.24) is 4.90 Å². The molecule has 3 N–H and O–H groups in total. The van der Waals surface area contributed by atoms with Gasteiger partial charge in [0.2, 0.25) is 0 Å². The van der Waals surface area contributed by atoms with Gasteiger partial charge in [0.15, 0.2) is 0 Å². The van der Waals surface area contributed by atoms with Gasteiger partial charge >= 0.3 is 6.16 Å². The number of aliphatic hydroxyl groups excluding tert-OH is 2. The number of nitrogens with zero attached hydrogens (tertiary/aromatic N) is 1. The molecule has 126 valence electrons. The SMILES string of the molecule is CC(C)COC(=O)O.CCCCN1CCC(O)CC1CO. The van der Waals surface area contributed by atoms with E-state index in [1.54, 1.807) is 0 Å². The Kier molecular flexibility index (Phi) is 11.3. The zero-order chi connectivity index (χ0) is 16.3. The summed E-state index contributed by atoms with van der Waals surface area (Å²) in [6.45, 7) is 8.43. The van der Waals surface area contributed by atoms with Crippen molar-refractivity contribution in [2.75, 3.05) is 26.3 Å². The molecule has 0 aromatic carbocycles. The van der Waals surface area contributed by atoms with Crippen molar-refractivity contribution in [1.29, 1.82) is 0 Å². The number of ether oxygens (including phenoxy) is 1. The van der Waals surface area contributed by atoms with Crippen LogP contribution in [0.4, 0.5) is 4.79 Å². The van der Waals surface area contributed by atoms with Gasteiger partial charge < -0.3 is 20.1 Å². The van der Waals surface area contributed by atoms with E-state index in [4.69, 9.17) is 10.2 Å². The molecule has 0 saturated carbocycles. The Labute approximate surface area is 127 Å². The van der Waals surface area contributed by atoms with Crippen LogP contribution in [0.3, 0.4) is 0 Å². The van der Waals surface area contributed by atoms with E-state index < -0.39 is 6.16 Å². The lowest BCUT2D eigenvalue weighted by Gasteiger charge is -2.36. The Morgan fingerprint density at radius 3 is 2.52 bits per heavy atom. The normalized spacial score (nSPS) is 22.6. The van der Waals surface area contributed by atoms with Gasteiger partial charge in [0.1, 0.15) is 0 Å². The van der Waals surface area contributed by atoms with Gasteiger partial charge in [-0.05, 0) is 31.7 Å². The minimum Gasteiger partial charge on any atom is -0.450 e. The molecule has 0 amide bonds. The van der Waals surface area contributed by atoms with Crippen LogP contribution in [0, 0.1) is 5.92 Å². The predicted molar refractivity (Wildman–Crippen MR) is 81.4 cm³/mol. The summed E-state index contributed by atoms with van der Waals surface area (Å²) >= 11 is 0. The molecule has 1 rings (SSSR count). The van der Waals surface area contributed by atoms with Crippen molar-refractivity contribution in [3.8, 4) is 0 Å². The van der Waals surface area contributed by atoms with E-state index in [2.05, 4.69) is 16.6 Å². The Morgan fingerprint density at radius 2 is 2.10 bits per heavy atom. The second-order valence-corrected chi connectivity index (χ2v) is 5.87. The van der Waals surface area contributed by atoms with Crippen molar-refractivity contribution in [3.05, 3.63) is 0 Å². The van der Waals surface area contributed by atoms with E-state index in [1.165, 1.54) is 12.8 Å². The standard InChI is InChI=1S/C10H21NO2.C5H10O3/c1-2-3-5-11-6-4-10(13)7-9(11)8-12;1-4(2)3-8-5(6)7/h9-10,12-13H,2-8H2,1H3;4H,3H2,1-2H3,(H,6,7). The molecule has 21 heavy (non-hydrogen) atoms. The summed E-state index contributed by atoms with van der Waals surface area (Å²) in [4.78, 5) is 12.0. The third-order valence-electron chi connectivity index (χ3n) is 3.36. The van der Waals surface area contributed by atoms with E-state index in [9.17, 15) is 9.90 Å². The van der Waals surface area contributed by atoms with Gasteiger partial charge in [-0.2, -0.15) is 0 Å². The van der Waals surface area contributed by atoms with Crippen LogP contribution in [-0.2, 0) is 4.74 Å². The van der Waals surface area contributed by atoms with Crippen LogP contribution in [-0.4, -0.2) is 64.8 Å². The molecule has 1 heterocycles. The zero-order valence-electron chi connectivity index (χ0n) is 13.5. The van der Waals surface area contributed by atoms with Gasteiger partial charge in [0.05, 0.1) is 19.3 Å². The lowest BCUT2D eigenvalue weighted by atomic mass is 10.00. The summed E-state index contributed by atoms with van der Waals surface area (Å²) < 4.78 is 4.22. The molecule has 0 spiro atoms. The Hall–Kier alpha value is -0.850. The first-order chi connectivity index (χ1) is 9.90. The number of aliphatic hydroxyl groups is 2. The maximum absolute atomic E-state index is 9.68. The third-order valence-corrected chi connectivity index (χ3v) is 3.36. The average Bonchev–Trinajstić information content (AvgIpc) is 2.44. The maximum Gasteiger partial charge on any atom is 0.505 e. The molecule has 0 radical (unpaired) electrons. The van der Waals surface area contributed by atoms with Crippen LogP contribution in [0.25, 0.3) is 0 Å². The molecule has 1 saturated heterocycles. The highest BCUT2D eigenvalue weighted by atomic mass is 16.7. The number of hydrogen-bond donors (Lipinski definition) is 3. The highest BCUT2D eigenvalue weighted by Gasteiger charge is 2.25. The quantitative estimate of drug-likeness (QED) is 0.650. The molecule has 0 aromatic heterocycles. The van der Waals surface area contributed by atoms with Gasteiger partial charge in [-0.25, -0.2) is 4.79 Å². The second kappa shape index (κ2) is 11.8. The highest BCUT2D eigenvalue weighted by molar-refractivity contribution is 5.56. The van der Waals surface area contributed by atoms with Gasteiger partial charge in [-0.15, -0.1) is 0 Å². The molecule has 1 aliphatic rings. The lowest BCUT2D eigenvalue weighted by molar-refractivity contribution is 0.0166. The van der Waals surface area contributed by atoms with Crippen molar-refractivity contribution in [2.24, 2.45) is 5.92 Å². The molecule has 2 atom stereocenters. The van der Waals surface area contributed by atoms with Gasteiger partial charge in [-0.3, -0.25) is 4.90 Å². The summed E-state index contributed by atoms with van der Waals surface area (Å²) in [6, 6.07) is 0.190. The van der Waals surface area contributed by atoms with Crippen molar-refractivity contribution in [3.63, 3.8) is 0 Å². The lowest BCUT2D eigenvalue weighted by Crippen LogP contribution is -2.46. The zero-order valence-corrected chi connectivity index (χ0v) is 13.5. The monoisotopic (exact) mass is 305 g/mol. The van der Waals surface area contributed by atoms with E-state index in [0.717, 1.165) is 25.9 Å². The minimum atomic E-state index is -1.20. The van der Waals surface area contributed by atoms with E-state index >= 15 is 0 Å². The van der Waals surface area contributed by atoms with Gasteiger partial charge in [-0.1, -0.05) is 27.2 Å². The number of piperidine rings is 1. The first kappa shape index (κ1) is 20.1. The molecule has 6 heteroatoms. The molecule has 1 aliphatic heterocycles. The smallest absolute Gasteiger partial charge is 0.450 e. The molecule has 2 unspecified atom stereocenters. The summed E-state index contributed by atoms with van der Waals surface area (Å²) in [6.07, 6.45) is 2.58. The van der Waals surface area contributed by atoms with Crippen molar-refractivity contribution in [2.45, 2.75) is 58.6 Å².